The molecule has 0 bridgehead atoms. The van der Waals surface area contributed by atoms with Crippen LogP contribution in [-0.4, -0.2) is 6.36 Å². The van der Waals surface area contributed by atoms with Crippen molar-refractivity contribution in [2.45, 2.75) is 13.0 Å². The van der Waals surface area contributed by atoms with Crippen LogP contribution in [0.15, 0.2) is 24.3 Å². The minimum Gasteiger partial charge on any atom is -0.405 e. The van der Waals surface area contributed by atoms with Crippen LogP contribution in [0.4, 0.5) is 13.2 Å². The second-order valence-electron chi connectivity index (χ2n) is 2.41. The molecule has 0 aliphatic heterocycles. The van der Waals surface area contributed by atoms with Gasteiger partial charge in [0, 0.05) is 5.56 Å². The van der Waals surface area contributed by atoms with E-state index in [0.29, 0.717) is 5.56 Å². The third-order valence-electron chi connectivity index (χ3n) is 1.41. The van der Waals surface area contributed by atoms with E-state index in [9.17, 15) is 13.2 Å². The first kappa shape index (κ1) is 11.3. The van der Waals surface area contributed by atoms with Crippen LogP contribution in [0.3, 0.4) is 0 Å². The van der Waals surface area contributed by atoms with Gasteiger partial charge in [-0.05, 0) is 6.07 Å². The number of hydrogen-bond donors (Lipinski definition) is 0. The lowest BCUT2D eigenvalue weighted by Crippen LogP contribution is -2.18. The van der Waals surface area contributed by atoms with E-state index in [1.807, 2.05) is 0 Å². The summed E-state index contributed by atoms with van der Waals surface area (Å²) in [5.41, 5.74) is 0.321. The minimum absolute atomic E-state index is 0.00620. The summed E-state index contributed by atoms with van der Waals surface area (Å²) in [7, 11) is 0. The van der Waals surface area contributed by atoms with Gasteiger partial charge in [0.15, 0.2) is 0 Å². The Morgan fingerprint density at radius 2 is 1.86 bits per heavy atom. The number of benzene rings is 1. The van der Waals surface area contributed by atoms with Crippen molar-refractivity contribution in [3.63, 3.8) is 0 Å². The molecular weight excluding hydrogens is 265 g/mol. The fourth-order valence-electron chi connectivity index (χ4n) is 0.906. The van der Waals surface area contributed by atoms with Crippen LogP contribution in [0.5, 0.6) is 5.75 Å². The highest BCUT2D eigenvalue weighted by molar-refractivity contribution is 9.06. The summed E-state index contributed by atoms with van der Waals surface area (Å²) in [5.74, 6) is -0.251. The third kappa shape index (κ3) is 3.55. The van der Waals surface area contributed by atoms with E-state index in [4.69, 9.17) is 0 Å². The summed E-state index contributed by atoms with van der Waals surface area (Å²) in [5, 5.41) is 0. The molecule has 0 N–H and O–H groups in total. The molecule has 0 unspecified atom stereocenters. The molecule has 14 heavy (non-hydrogen) atoms. The van der Waals surface area contributed by atoms with Gasteiger partial charge in [0.05, 0.1) is 22.9 Å². The first-order valence-corrected chi connectivity index (χ1v) is 4.25. The van der Waals surface area contributed by atoms with Crippen molar-refractivity contribution in [2.75, 3.05) is 0 Å². The molecule has 6 heteroatoms. The number of alkyl halides is 3. The van der Waals surface area contributed by atoms with Gasteiger partial charge in [-0.25, -0.2) is 0 Å². The van der Waals surface area contributed by atoms with Crippen LogP contribution >= 0.6 is 16.3 Å². The maximum atomic E-state index is 11.9. The molecular formula is C8H6BrF3O2. The first-order chi connectivity index (χ1) is 6.53. The van der Waals surface area contributed by atoms with Crippen LogP contribution < -0.4 is 4.74 Å². The number of hydrogen-bond acceptors (Lipinski definition) is 2. The number of rotatable bonds is 3. The Morgan fingerprint density at radius 3 is 2.43 bits per heavy atom. The van der Waals surface area contributed by atoms with E-state index < -0.39 is 6.36 Å². The van der Waals surface area contributed by atoms with Crippen molar-refractivity contribution in [1.29, 1.82) is 0 Å². The van der Waals surface area contributed by atoms with E-state index in [2.05, 4.69) is 24.8 Å². The van der Waals surface area contributed by atoms with Gasteiger partial charge in [0.2, 0.25) is 0 Å². The molecule has 0 heterocycles. The molecule has 78 valence electrons. The Balaban J connectivity index is 2.84. The lowest BCUT2D eigenvalue weighted by atomic mass is 10.2. The highest BCUT2D eigenvalue weighted by atomic mass is 79.9. The monoisotopic (exact) mass is 270 g/mol. The van der Waals surface area contributed by atoms with Crippen LogP contribution in [-0.2, 0) is 10.4 Å². The molecule has 0 atom stereocenters. The molecule has 0 aliphatic rings. The van der Waals surface area contributed by atoms with Crippen LogP contribution in [0, 0.1) is 0 Å². The smallest absolute Gasteiger partial charge is 0.405 e. The summed E-state index contributed by atoms with van der Waals surface area (Å²) >= 11 is 2.66. The molecule has 2 nitrogen and oxygen atoms in total. The van der Waals surface area contributed by atoms with Crippen LogP contribution in [0.2, 0.25) is 0 Å². The maximum Gasteiger partial charge on any atom is 0.573 e. The standard InChI is InChI=1S/C8H6BrF3O2/c9-13-5-6-3-1-2-4-7(6)14-8(10,11)12/h1-4H,5H2. The summed E-state index contributed by atoms with van der Waals surface area (Å²) in [6.07, 6.45) is -4.68. The summed E-state index contributed by atoms with van der Waals surface area (Å²) in [4.78, 5) is 0. The summed E-state index contributed by atoms with van der Waals surface area (Å²) in [6.45, 7) is 0.00620. The van der Waals surface area contributed by atoms with Gasteiger partial charge in [0.1, 0.15) is 5.75 Å². The normalized spacial score (nSPS) is 11.4. The molecule has 1 rings (SSSR count). The molecule has 0 saturated heterocycles. The van der Waals surface area contributed by atoms with Gasteiger partial charge < -0.3 is 8.57 Å². The van der Waals surface area contributed by atoms with E-state index in [0.717, 1.165) is 0 Å². The topological polar surface area (TPSA) is 18.5 Å². The fraction of sp³-hybridized carbons (Fsp3) is 0.250. The zero-order valence-corrected chi connectivity index (χ0v) is 8.43. The lowest BCUT2D eigenvalue weighted by Gasteiger charge is -2.11. The predicted octanol–water partition coefficient (Wildman–Crippen LogP) is 3.41. The fourth-order valence-corrected chi connectivity index (χ4v) is 1.15. The summed E-state index contributed by atoms with van der Waals surface area (Å²) in [6, 6.07) is 5.78. The minimum atomic E-state index is -4.68. The van der Waals surface area contributed by atoms with Gasteiger partial charge >= 0.3 is 6.36 Å². The van der Waals surface area contributed by atoms with Crippen molar-refractivity contribution in [1.82, 2.24) is 0 Å². The molecule has 1 aromatic carbocycles. The van der Waals surface area contributed by atoms with Gasteiger partial charge in [-0.15, -0.1) is 13.2 Å². The quantitative estimate of drug-likeness (QED) is 0.838. The average Bonchev–Trinajstić information content (AvgIpc) is 2.06. The molecule has 0 aromatic heterocycles. The Morgan fingerprint density at radius 1 is 1.21 bits per heavy atom. The van der Waals surface area contributed by atoms with Crippen molar-refractivity contribution in [3.8, 4) is 5.75 Å². The Labute approximate surface area is 87.1 Å². The zero-order valence-electron chi connectivity index (χ0n) is 6.84. The van der Waals surface area contributed by atoms with Crippen LogP contribution in [0.1, 0.15) is 5.56 Å². The molecule has 1 aromatic rings. The van der Waals surface area contributed by atoms with Gasteiger partial charge in [0.25, 0.3) is 0 Å². The zero-order chi connectivity index (χ0) is 10.6. The summed E-state index contributed by atoms with van der Waals surface area (Å²) < 4.78 is 44.0. The molecule has 0 spiro atoms. The maximum absolute atomic E-state index is 11.9. The van der Waals surface area contributed by atoms with Crippen molar-refractivity contribution in [3.05, 3.63) is 29.8 Å². The van der Waals surface area contributed by atoms with Crippen molar-refractivity contribution in [2.24, 2.45) is 0 Å². The SMILES string of the molecule is FC(F)(F)Oc1ccccc1COBr. The molecule has 0 radical (unpaired) electrons. The predicted molar refractivity (Wildman–Crippen MR) is 46.8 cm³/mol. The highest BCUT2D eigenvalue weighted by Crippen LogP contribution is 2.26. The Kier molecular flexibility index (Phi) is 3.77. The number of halogens is 4. The van der Waals surface area contributed by atoms with Crippen LogP contribution in [0.25, 0.3) is 0 Å². The van der Waals surface area contributed by atoms with Gasteiger partial charge in [-0.3, -0.25) is 0 Å². The number of ether oxygens (including phenoxy) is 1. The molecule has 0 saturated carbocycles. The van der Waals surface area contributed by atoms with E-state index in [-0.39, 0.29) is 12.4 Å². The molecule has 0 aliphatic carbocycles. The van der Waals surface area contributed by atoms with Crippen molar-refractivity contribution >= 4 is 16.3 Å². The Bertz CT molecular complexity index is 301. The average molecular weight is 271 g/mol. The molecule has 0 fully saturated rings. The Hall–Kier alpha value is -0.750. The second-order valence-corrected chi connectivity index (χ2v) is 2.87. The van der Waals surface area contributed by atoms with E-state index in [1.54, 1.807) is 6.07 Å². The first-order valence-electron chi connectivity index (χ1n) is 3.60. The highest BCUT2D eigenvalue weighted by Gasteiger charge is 2.31. The largest absolute Gasteiger partial charge is 0.573 e. The number of para-hydroxylation sites is 1. The van der Waals surface area contributed by atoms with E-state index >= 15 is 0 Å². The van der Waals surface area contributed by atoms with Gasteiger partial charge in [-0.1, -0.05) is 18.2 Å². The van der Waals surface area contributed by atoms with Crippen molar-refractivity contribution < 1.29 is 21.7 Å². The second kappa shape index (κ2) is 4.65. The molecule has 0 amide bonds. The lowest BCUT2D eigenvalue weighted by molar-refractivity contribution is -0.275. The van der Waals surface area contributed by atoms with E-state index in [1.165, 1.54) is 18.2 Å². The third-order valence-corrected chi connectivity index (χ3v) is 1.64. The van der Waals surface area contributed by atoms with Gasteiger partial charge in [-0.2, -0.15) is 0 Å².